The summed E-state index contributed by atoms with van der Waals surface area (Å²) in [5.41, 5.74) is -0.532. The van der Waals surface area contributed by atoms with Crippen LogP contribution in [0.1, 0.15) is 67.8 Å². The minimum absolute atomic E-state index is 0.426. The van der Waals surface area contributed by atoms with E-state index in [0.29, 0.717) is 30.0 Å². The largest absolute Gasteiger partial charge is 0.423 e. The lowest BCUT2D eigenvalue weighted by Crippen LogP contribution is -2.16. The molecule has 0 amide bonds. The lowest BCUT2D eigenvalue weighted by atomic mass is 9.78. The molecule has 7 heteroatoms. The molecular formula is C24H25F5O2. The average Bonchev–Trinajstić information content (AvgIpc) is 2.71. The number of carbonyl (C=O) groups excluding carboxylic acids is 1. The summed E-state index contributed by atoms with van der Waals surface area (Å²) < 4.78 is 73.0. The highest BCUT2D eigenvalue weighted by molar-refractivity contribution is 5.91. The van der Waals surface area contributed by atoms with Crippen LogP contribution in [0.25, 0.3) is 0 Å². The molecule has 0 bridgehead atoms. The van der Waals surface area contributed by atoms with E-state index < -0.39 is 46.4 Å². The molecule has 1 aliphatic carbocycles. The van der Waals surface area contributed by atoms with E-state index in [1.165, 1.54) is 25.7 Å². The third-order valence-corrected chi connectivity index (χ3v) is 5.98. The number of carbonyl (C=O) groups is 1. The summed E-state index contributed by atoms with van der Waals surface area (Å²) in [5.74, 6) is -7.98. The van der Waals surface area contributed by atoms with Crippen molar-refractivity contribution in [2.75, 3.05) is 0 Å². The average molecular weight is 440 g/mol. The summed E-state index contributed by atoms with van der Waals surface area (Å²) in [5, 5.41) is 0. The fourth-order valence-electron chi connectivity index (χ4n) is 4.30. The molecule has 0 unspecified atom stereocenters. The van der Waals surface area contributed by atoms with Gasteiger partial charge in [-0.15, -0.1) is 0 Å². The number of ether oxygens (including phenoxy) is 1. The zero-order valence-electron chi connectivity index (χ0n) is 17.3. The second-order valence-electron chi connectivity index (χ2n) is 8.24. The van der Waals surface area contributed by atoms with E-state index in [-0.39, 0.29) is 0 Å². The summed E-state index contributed by atoms with van der Waals surface area (Å²) in [7, 11) is 0. The lowest BCUT2D eigenvalue weighted by molar-refractivity contribution is 0.0723. The SMILES string of the molecule is CCCC1CCC(CCc2cc(F)c(C(=O)Oc3cc(F)c(F)c(F)c3)c(F)c2)CC1. The van der Waals surface area contributed by atoms with E-state index in [4.69, 9.17) is 0 Å². The molecular weight excluding hydrogens is 415 g/mol. The van der Waals surface area contributed by atoms with Gasteiger partial charge in [0.25, 0.3) is 0 Å². The van der Waals surface area contributed by atoms with Gasteiger partial charge in [0.15, 0.2) is 17.5 Å². The predicted molar refractivity (Wildman–Crippen MR) is 106 cm³/mol. The fraction of sp³-hybridized carbons (Fsp3) is 0.458. The van der Waals surface area contributed by atoms with Gasteiger partial charge in [0.2, 0.25) is 0 Å². The lowest BCUT2D eigenvalue weighted by Gasteiger charge is -2.28. The Bertz CT molecular complexity index is 890. The Hall–Kier alpha value is -2.44. The fourth-order valence-corrected chi connectivity index (χ4v) is 4.30. The second-order valence-corrected chi connectivity index (χ2v) is 8.24. The summed E-state index contributed by atoms with van der Waals surface area (Å²) in [6.07, 6.45) is 8.35. The standard InChI is InChI=1S/C24H25F5O2/c1-2-3-14-4-6-15(7-5-14)8-9-16-10-18(25)22(19(26)11-16)24(30)31-17-12-20(27)23(29)21(28)13-17/h10-15H,2-9H2,1H3. The number of hydrogen-bond acceptors (Lipinski definition) is 2. The van der Waals surface area contributed by atoms with Crippen molar-refractivity contribution in [3.63, 3.8) is 0 Å². The number of hydrogen-bond donors (Lipinski definition) is 0. The quantitative estimate of drug-likeness (QED) is 0.198. The van der Waals surface area contributed by atoms with E-state index >= 15 is 0 Å². The minimum Gasteiger partial charge on any atom is -0.423 e. The molecule has 1 aliphatic rings. The van der Waals surface area contributed by atoms with Crippen LogP contribution < -0.4 is 4.74 Å². The van der Waals surface area contributed by atoms with Crippen molar-refractivity contribution in [3.8, 4) is 5.75 Å². The van der Waals surface area contributed by atoms with Crippen LogP contribution in [0.5, 0.6) is 5.75 Å². The highest BCUT2D eigenvalue weighted by Crippen LogP contribution is 2.34. The van der Waals surface area contributed by atoms with Crippen LogP contribution in [-0.2, 0) is 6.42 Å². The summed E-state index contributed by atoms with van der Waals surface area (Å²) in [6.45, 7) is 2.19. The van der Waals surface area contributed by atoms with Crippen molar-refractivity contribution >= 4 is 5.97 Å². The van der Waals surface area contributed by atoms with Gasteiger partial charge in [-0.2, -0.15) is 0 Å². The third kappa shape index (κ3) is 5.83. The Morgan fingerprint density at radius 3 is 1.87 bits per heavy atom. The van der Waals surface area contributed by atoms with Crippen LogP contribution in [-0.4, -0.2) is 5.97 Å². The van der Waals surface area contributed by atoms with E-state index in [1.54, 1.807) is 0 Å². The van der Waals surface area contributed by atoms with Gasteiger partial charge in [-0.05, 0) is 42.4 Å². The zero-order chi connectivity index (χ0) is 22.5. The third-order valence-electron chi connectivity index (χ3n) is 5.98. The zero-order valence-corrected chi connectivity index (χ0v) is 17.3. The first-order valence-corrected chi connectivity index (χ1v) is 10.6. The number of aryl methyl sites for hydroxylation is 1. The highest BCUT2D eigenvalue weighted by Gasteiger charge is 2.24. The molecule has 2 nitrogen and oxygen atoms in total. The highest BCUT2D eigenvalue weighted by atomic mass is 19.2. The smallest absolute Gasteiger partial charge is 0.349 e. The molecule has 0 spiro atoms. The Kier molecular flexibility index (Phi) is 7.68. The molecule has 0 aromatic heterocycles. The maximum Gasteiger partial charge on any atom is 0.349 e. The van der Waals surface area contributed by atoms with Crippen molar-refractivity contribution < 1.29 is 31.5 Å². The maximum absolute atomic E-state index is 14.4. The second kappa shape index (κ2) is 10.2. The first-order chi connectivity index (χ1) is 14.8. The monoisotopic (exact) mass is 440 g/mol. The molecule has 2 aromatic rings. The van der Waals surface area contributed by atoms with E-state index in [2.05, 4.69) is 11.7 Å². The first kappa shape index (κ1) is 23.2. The van der Waals surface area contributed by atoms with Crippen LogP contribution in [0.3, 0.4) is 0 Å². The Balaban J connectivity index is 1.63. The minimum atomic E-state index is -1.74. The van der Waals surface area contributed by atoms with Crippen molar-refractivity contribution in [2.45, 2.75) is 58.3 Å². The molecule has 3 rings (SSSR count). The number of esters is 1. The number of rotatable bonds is 7. The van der Waals surface area contributed by atoms with Gasteiger partial charge < -0.3 is 4.74 Å². The summed E-state index contributed by atoms with van der Waals surface area (Å²) >= 11 is 0. The topological polar surface area (TPSA) is 26.3 Å². The van der Waals surface area contributed by atoms with Gasteiger partial charge in [-0.25, -0.2) is 26.7 Å². The van der Waals surface area contributed by atoms with Gasteiger partial charge in [0, 0.05) is 12.1 Å². The predicted octanol–water partition coefficient (Wildman–Crippen LogP) is 7.14. The van der Waals surface area contributed by atoms with E-state index in [0.717, 1.165) is 37.3 Å². The number of halogens is 5. The van der Waals surface area contributed by atoms with Crippen molar-refractivity contribution in [1.29, 1.82) is 0 Å². The van der Waals surface area contributed by atoms with Crippen LogP contribution in [0.15, 0.2) is 24.3 Å². The number of benzene rings is 2. The van der Waals surface area contributed by atoms with Gasteiger partial charge in [-0.1, -0.05) is 45.4 Å². The van der Waals surface area contributed by atoms with E-state index in [9.17, 15) is 26.7 Å². The molecule has 0 N–H and O–H groups in total. The molecule has 31 heavy (non-hydrogen) atoms. The van der Waals surface area contributed by atoms with Crippen molar-refractivity contribution in [3.05, 3.63) is 64.5 Å². The molecule has 1 fully saturated rings. The Labute approximate surface area is 178 Å². The van der Waals surface area contributed by atoms with Crippen molar-refractivity contribution in [1.82, 2.24) is 0 Å². The molecule has 0 saturated heterocycles. The Morgan fingerprint density at radius 1 is 0.839 bits per heavy atom. The molecule has 168 valence electrons. The molecule has 0 radical (unpaired) electrons. The van der Waals surface area contributed by atoms with Crippen LogP contribution >= 0.6 is 0 Å². The maximum atomic E-state index is 14.4. The summed E-state index contributed by atoms with van der Waals surface area (Å²) in [6, 6.07) is 3.01. The van der Waals surface area contributed by atoms with Gasteiger partial charge in [0.05, 0.1) is 0 Å². The van der Waals surface area contributed by atoms with Crippen molar-refractivity contribution in [2.24, 2.45) is 11.8 Å². The molecule has 2 aromatic carbocycles. The van der Waals surface area contributed by atoms with Gasteiger partial charge in [0.1, 0.15) is 22.9 Å². The van der Waals surface area contributed by atoms with Crippen LogP contribution in [0, 0.1) is 40.9 Å². The normalized spacial score (nSPS) is 18.8. The molecule has 0 atom stereocenters. The van der Waals surface area contributed by atoms with Crippen LogP contribution in [0.2, 0.25) is 0 Å². The van der Waals surface area contributed by atoms with E-state index in [1.807, 2.05) is 0 Å². The molecule has 1 saturated carbocycles. The first-order valence-electron chi connectivity index (χ1n) is 10.6. The Morgan fingerprint density at radius 2 is 1.35 bits per heavy atom. The van der Waals surface area contributed by atoms with Crippen LogP contribution in [0.4, 0.5) is 22.0 Å². The molecule has 0 aliphatic heterocycles. The summed E-state index contributed by atoms with van der Waals surface area (Å²) in [4.78, 5) is 12.1. The molecule has 0 heterocycles. The van der Waals surface area contributed by atoms with Gasteiger partial charge in [-0.3, -0.25) is 0 Å². The van der Waals surface area contributed by atoms with Gasteiger partial charge >= 0.3 is 5.97 Å².